The standard InChI is InChI=1S/C24H23N3O5S/c1-29-19-6-3-4-7-20(19)31-11-5-12-32-21-9-8-17(15-22(21)30-2)14-18(16-25)23(28)27-24-26-10-13-33-24/h3-4,6-10,13-15H,5,11-12H2,1-2H3,(H,26,27,28)/b18-14-. The zero-order valence-electron chi connectivity index (χ0n) is 18.2. The van der Waals surface area contributed by atoms with Crippen LogP contribution in [-0.4, -0.2) is 38.3 Å². The van der Waals surface area contributed by atoms with Crippen molar-refractivity contribution in [3.05, 3.63) is 65.2 Å². The SMILES string of the molecule is COc1ccccc1OCCCOc1ccc(/C=C(/C#N)C(=O)Nc2nccs2)cc1OC. The summed E-state index contributed by atoms with van der Waals surface area (Å²) in [6.07, 6.45) is 3.71. The summed E-state index contributed by atoms with van der Waals surface area (Å²) in [6.45, 7) is 0.879. The molecule has 1 amide bonds. The number of carbonyl (C=O) groups is 1. The van der Waals surface area contributed by atoms with Crippen LogP contribution in [0.3, 0.4) is 0 Å². The van der Waals surface area contributed by atoms with Gasteiger partial charge in [-0.2, -0.15) is 5.26 Å². The Balaban J connectivity index is 1.57. The average Bonchev–Trinajstić information content (AvgIpc) is 3.36. The number of thiazole rings is 1. The molecule has 0 unspecified atom stereocenters. The van der Waals surface area contributed by atoms with Gasteiger partial charge < -0.3 is 18.9 Å². The number of benzene rings is 2. The number of hydrogen-bond donors (Lipinski definition) is 1. The van der Waals surface area contributed by atoms with E-state index in [1.165, 1.54) is 24.5 Å². The Kier molecular flexibility index (Phi) is 8.68. The topological polar surface area (TPSA) is 103 Å². The molecule has 3 rings (SSSR count). The maximum Gasteiger partial charge on any atom is 0.268 e. The predicted molar refractivity (Wildman–Crippen MR) is 126 cm³/mol. The highest BCUT2D eigenvalue weighted by molar-refractivity contribution is 7.13. The van der Waals surface area contributed by atoms with Crippen molar-refractivity contribution in [2.45, 2.75) is 6.42 Å². The number of methoxy groups -OCH3 is 2. The highest BCUT2D eigenvalue weighted by Crippen LogP contribution is 2.29. The molecule has 1 N–H and O–H groups in total. The molecule has 170 valence electrons. The van der Waals surface area contributed by atoms with Crippen LogP contribution in [0, 0.1) is 11.3 Å². The minimum Gasteiger partial charge on any atom is -0.493 e. The lowest BCUT2D eigenvalue weighted by Gasteiger charge is -2.13. The second-order valence-electron chi connectivity index (χ2n) is 6.57. The number of para-hydroxylation sites is 2. The van der Waals surface area contributed by atoms with Gasteiger partial charge in [-0.1, -0.05) is 18.2 Å². The number of aromatic nitrogens is 1. The lowest BCUT2D eigenvalue weighted by atomic mass is 10.1. The molecule has 0 radical (unpaired) electrons. The molecule has 2 aromatic carbocycles. The second-order valence-corrected chi connectivity index (χ2v) is 7.47. The van der Waals surface area contributed by atoms with Gasteiger partial charge in [-0.05, 0) is 35.9 Å². The molecule has 9 heteroatoms. The first-order valence-corrected chi connectivity index (χ1v) is 10.9. The molecular formula is C24H23N3O5S. The summed E-state index contributed by atoms with van der Waals surface area (Å²) >= 11 is 1.27. The molecule has 0 spiro atoms. The van der Waals surface area contributed by atoms with E-state index in [0.29, 0.717) is 53.3 Å². The van der Waals surface area contributed by atoms with Gasteiger partial charge in [0.05, 0.1) is 27.4 Å². The van der Waals surface area contributed by atoms with E-state index in [-0.39, 0.29) is 5.57 Å². The maximum atomic E-state index is 12.3. The van der Waals surface area contributed by atoms with Gasteiger partial charge in [-0.3, -0.25) is 10.1 Å². The van der Waals surface area contributed by atoms with Crippen molar-refractivity contribution in [3.8, 4) is 29.1 Å². The molecule has 8 nitrogen and oxygen atoms in total. The maximum absolute atomic E-state index is 12.3. The summed E-state index contributed by atoms with van der Waals surface area (Å²) in [5, 5.41) is 14.1. The number of anilines is 1. The van der Waals surface area contributed by atoms with Gasteiger partial charge in [0.15, 0.2) is 28.1 Å². The minimum absolute atomic E-state index is 0.0468. The van der Waals surface area contributed by atoms with E-state index in [0.717, 1.165) is 0 Å². The summed E-state index contributed by atoms with van der Waals surface area (Å²) in [7, 11) is 3.13. The van der Waals surface area contributed by atoms with E-state index in [4.69, 9.17) is 18.9 Å². The molecule has 0 saturated heterocycles. The average molecular weight is 466 g/mol. The molecule has 0 aliphatic carbocycles. The Bertz CT molecular complexity index is 1140. The monoisotopic (exact) mass is 465 g/mol. The van der Waals surface area contributed by atoms with Crippen molar-refractivity contribution >= 4 is 28.5 Å². The van der Waals surface area contributed by atoms with E-state index < -0.39 is 5.91 Å². The predicted octanol–water partition coefficient (Wildman–Crippen LogP) is 4.55. The summed E-state index contributed by atoms with van der Waals surface area (Å²) in [5.41, 5.74) is 0.582. The van der Waals surface area contributed by atoms with Crippen molar-refractivity contribution in [2.75, 3.05) is 32.8 Å². The molecule has 0 atom stereocenters. The van der Waals surface area contributed by atoms with Crippen LogP contribution in [0.2, 0.25) is 0 Å². The summed E-state index contributed by atoms with van der Waals surface area (Å²) in [5.74, 6) is 1.88. The second kappa shape index (κ2) is 12.1. The van der Waals surface area contributed by atoms with Crippen LogP contribution >= 0.6 is 11.3 Å². The summed E-state index contributed by atoms with van der Waals surface area (Å²) in [4.78, 5) is 16.3. The summed E-state index contributed by atoms with van der Waals surface area (Å²) in [6, 6.07) is 14.6. The highest BCUT2D eigenvalue weighted by atomic mass is 32.1. The van der Waals surface area contributed by atoms with Crippen molar-refractivity contribution in [2.24, 2.45) is 0 Å². The van der Waals surface area contributed by atoms with Gasteiger partial charge >= 0.3 is 0 Å². The van der Waals surface area contributed by atoms with Gasteiger partial charge in [0.2, 0.25) is 0 Å². The number of nitrogens with one attached hydrogen (secondary N) is 1. The molecule has 0 fully saturated rings. The first-order chi connectivity index (χ1) is 16.1. The zero-order valence-corrected chi connectivity index (χ0v) is 19.1. The fourth-order valence-electron chi connectivity index (χ4n) is 2.82. The molecule has 1 heterocycles. The molecule has 3 aromatic rings. The Hall–Kier alpha value is -4.03. The first-order valence-electron chi connectivity index (χ1n) is 10.0. The quantitative estimate of drug-likeness (QED) is 0.252. The largest absolute Gasteiger partial charge is 0.493 e. The normalized spacial score (nSPS) is 10.8. The third-order valence-electron chi connectivity index (χ3n) is 4.39. The fraction of sp³-hybridized carbons (Fsp3) is 0.208. The third-order valence-corrected chi connectivity index (χ3v) is 5.08. The molecule has 0 aliphatic heterocycles. The fourth-order valence-corrected chi connectivity index (χ4v) is 3.34. The Morgan fingerprint density at radius 3 is 2.39 bits per heavy atom. The van der Waals surface area contributed by atoms with E-state index in [2.05, 4.69) is 10.3 Å². The van der Waals surface area contributed by atoms with E-state index in [9.17, 15) is 10.1 Å². The summed E-state index contributed by atoms with van der Waals surface area (Å²) < 4.78 is 22.2. The number of carbonyl (C=O) groups excluding carboxylic acids is 1. The van der Waals surface area contributed by atoms with Gasteiger partial charge in [0.1, 0.15) is 11.6 Å². The Labute approximate surface area is 196 Å². The van der Waals surface area contributed by atoms with Crippen LogP contribution in [0.1, 0.15) is 12.0 Å². The van der Waals surface area contributed by atoms with E-state index >= 15 is 0 Å². The Morgan fingerprint density at radius 1 is 1.06 bits per heavy atom. The van der Waals surface area contributed by atoms with Crippen molar-refractivity contribution in [1.82, 2.24) is 4.98 Å². The molecule has 33 heavy (non-hydrogen) atoms. The smallest absolute Gasteiger partial charge is 0.268 e. The van der Waals surface area contributed by atoms with Gasteiger partial charge in [-0.15, -0.1) is 11.3 Å². The molecule has 0 bridgehead atoms. The number of nitriles is 1. The number of amides is 1. The van der Waals surface area contributed by atoms with Gasteiger partial charge in [0, 0.05) is 18.0 Å². The van der Waals surface area contributed by atoms with Gasteiger partial charge in [0.25, 0.3) is 5.91 Å². The third kappa shape index (κ3) is 6.72. The van der Waals surface area contributed by atoms with Crippen LogP contribution in [0.4, 0.5) is 5.13 Å². The van der Waals surface area contributed by atoms with Gasteiger partial charge in [-0.25, -0.2) is 4.98 Å². The van der Waals surface area contributed by atoms with Crippen molar-refractivity contribution in [1.29, 1.82) is 5.26 Å². The van der Waals surface area contributed by atoms with Crippen LogP contribution in [0.5, 0.6) is 23.0 Å². The highest BCUT2D eigenvalue weighted by Gasteiger charge is 2.12. The minimum atomic E-state index is -0.526. The molecule has 1 aromatic heterocycles. The van der Waals surface area contributed by atoms with Crippen LogP contribution < -0.4 is 24.3 Å². The van der Waals surface area contributed by atoms with Crippen molar-refractivity contribution < 1.29 is 23.7 Å². The zero-order chi connectivity index (χ0) is 23.5. The number of nitrogens with zero attached hydrogens (tertiary/aromatic N) is 2. The lowest BCUT2D eigenvalue weighted by Crippen LogP contribution is -2.13. The first kappa shape index (κ1) is 23.6. The number of ether oxygens (including phenoxy) is 4. The lowest BCUT2D eigenvalue weighted by molar-refractivity contribution is -0.112. The molecular weight excluding hydrogens is 442 g/mol. The van der Waals surface area contributed by atoms with Crippen LogP contribution in [0.15, 0.2) is 59.6 Å². The molecule has 0 aliphatic rings. The molecule has 0 saturated carbocycles. The van der Waals surface area contributed by atoms with Crippen LogP contribution in [-0.2, 0) is 4.79 Å². The van der Waals surface area contributed by atoms with E-state index in [1.807, 2.05) is 30.3 Å². The van der Waals surface area contributed by atoms with Crippen LogP contribution in [0.25, 0.3) is 6.08 Å². The van der Waals surface area contributed by atoms with Crippen molar-refractivity contribution in [3.63, 3.8) is 0 Å². The number of rotatable bonds is 11. The Morgan fingerprint density at radius 2 is 1.76 bits per heavy atom. The van der Waals surface area contributed by atoms with E-state index in [1.54, 1.807) is 36.9 Å². The number of hydrogen-bond acceptors (Lipinski definition) is 8.